The molecule has 4 aromatic rings. The van der Waals surface area contributed by atoms with Crippen molar-refractivity contribution in [1.82, 2.24) is 19.1 Å². The Kier molecular flexibility index (Phi) is 7.16. The van der Waals surface area contributed by atoms with Gasteiger partial charge in [-0.1, -0.05) is 29.8 Å². The van der Waals surface area contributed by atoms with Crippen molar-refractivity contribution in [3.05, 3.63) is 104 Å². The second-order valence-electron chi connectivity index (χ2n) is 8.09. The summed E-state index contributed by atoms with van der Waals surface area (Å²) in [6.45, 7) is 3.65. The number of pyridine rings is 1. The number of halogens is 1. The second-order valence-corrected chi connectivity index (χ2v) is 8.53. The van der Waals surface area contributed by atoms with Gasteiger partial charge >= 0.3 is 17.3 Å². The summed E-state index contributed by atoms with van der Waals surface area (Å²) >= 11 is 5.98. The van der Waals surface area contributed by atoms with Crippen LogP contribution < -0.4 is 21.4 Å². The van der Waals surface area contributed by atoms with E-state index in [0.29, 0.717) is 16.5 Å². The van der Waals surface area contributed by atoms with Gasteiger partial charge in [0.1, 0.15) is 5.75 Å². The molecule has 2 heterocycles. The molecule has 0 aliphatic carbocycles. The molecule has 184 valence electrons. The number of aromatic carboxylic acids is 1. The molecule has 0 amide bonds. The summed E-state index contributed by atoms with van der Waals surface area (Å²) in [5.41, 5.74) is 0.0702. The summed E-state index contributed by atoms with van der Waals surface area (Å²) < 4.78 is 8.11. The van der Waals surface area contributed by atoms with Crippen molar-refractivity contribution in [2.75, 3.05) is 5.32 Å². The Labute approximate surface area is 210 Å². The van der Waals surface area contributed by atoms with Crippen LogP contribution in [0.5, 0.6) is 11.6 Å². The van der Waals surface area contributed by atoms with E-state index in [9.17, 15) is 14.4 Å². The van der Waals surface area contributed by atoms with Gasteiger partial charge in [0, 0.05) is 22.8 Å². The standard InChI is InChI=1S/C25H22ClN5O5/c1-15(2)31-24(34)29-23(30(25(31)35)14-16-6-8-17(26)9-7-16)27-18-10-12-19(13-11-18)36-21-5-3-4-20(28-21)22(32)33/h3-13,15H,14H2,1-2H3,(H,32,33)(H,27,29,34). The molecule has 0 saturated heterocycles. The minimum Gasteiger partial charge on any atom is -0.477 e. The Hall–Kier alpha value is -4.44. The van der Waals surface area contributed by atoms with Crippen molar-refractivity contribution in [3.8, 4) is 11.6 Å². The molecular weight excluding hydrogens is 486 g/mol. The molecular formula is C25H22ClN5O5. The van der Waals surface area contributed by atoms with Crippen LogP contribution in [-0.4, -0.2) is 30.2 Å². The van der Waals surface area contributed by atoms with Crippen molar-refractivity contribution in [1.29, 1.82) is 0 Å². The zero-order valence-corrected chi connectivity index (χ0v) is 20.1. The van der Waals surface area contributed by atoms with Crippen LogP contribution in [0.25, 0.3) is 0 Å². The lowest BCUT2D eigenvalue weighted by atomic mass is 10.2. The minimum atomic E-state index is -1.16. The predicted molar refractivity (Wildman–Crippen MR) is 135 cm³/mol. The Bertz CT molecular complexity index is 1510. The summed E-state index contributed by atoms with van der Waals surface area (Å²) in [5, 5.41) is 12.7. The number of ether oxygens (including phenoxy) is 1. The summed E-state index contributed by atoms with van der Waals surface area (Å²) in [7, 11) is 0. The second kappa shape index (κ2) is 10.4. The molecule has 2 aromatic carbocycles. The van der Waals surface area contributed by atoms with Crippen molar-refractivity contribution in [2.45, 2.75) is 26.4 Å². The van der Waals surface area contributed by atoms with Gasteiger partial charge in [0.15, 0.2) is 5.69 Å². The van der Waals surface area contributed by atoms with Crippen molar-refractivity contribution in [2.24, 2.45) is 0 Å². The first-order chi connectivity index (χ1) is 17.2. The van der Waals surface area contributed by atoms with Crippen LogP contribution in [0.1, 0.15) is 35.9 Å². The third kappa shape index (κ3) is 5.61. The van der Waals surface area contributed by atoms with Crippen molar-refractivity contribution >= 4 is 29.2 Å². The van der Waals surface area contributed by atoms with Gasteiger partial charge in [-0.25, -0.2) is 23.9 Å². The van der Waals surface area contributed by atoms with Crippen LogP contribution in [0.4, 0.5) is 11.6 Å². The Morgan fingerprint density at radius 1 is 1.03 bits per heavy atom. The van der Waals surface area contributed by atoms with Gasteiger partial charge in [0.25, 0.3) is 0 Å². The van der Waals surface area contributed by atoms with Gasteiger partial charge in [-0.05, 0) is 61.9 Å². The molecule has 2 aromatic heterocycles. The van der Waals surface area contributed by atoms with Crippen LogP contribution >= 0.6 is 11.6 Å². The number of rotatable bonds is 8. The lowest BCUT2D eigenvalue weighted by Gasteiger charge is -2.17. The molecule has 0 radical (unpaired) electrons. The van der Waals surface area contributed by atoms with Gasteiger partial charge in [0.2, 0.25) is 11.8 Å². The molecule has 0 unspecified atom stereocenters. The van der Waals surface area contributed by atoms with E-state index in [1.54, 1.807) is 68.4 Å². The van der Waals surface area contributed by atoms with Gasteiger partial charge in [-0.2, -0.15) is 4.98 Å². The van der Waals surface area contributed by atoms with Gasteiger partial charge < -0.3 is 15.2 Å². The Morgan fingerprint density at radius 3 is 2.36 bits per heavy atom. The number of nitrogens with zero attached hydrogens (tertiary/aromatic N) is 4. The third-order valence-corrected chi connectivity index (χ3v) is 5.40. The smallest absolute Gasteiger partial charge is 0.355 e. The molecule has 0 aliphatic heterocycles. The number of hydrogen-bond donors (Lipinski definition) is 2. The van der Waals surface area contributed by atoms with Crippen LogP contribution in [0.15, 0.2) is 76.3 Å². The topological polar surface area (TPSA) is 128 Å². The van der Waals surface area contributed by atoms with E-state index in [0.717, 1.165) is 10.1 Å². The first-order valence-corrected chi connectivity index (χ1v) is 11.3. The molecule has 2 N–H and O–H groups in total. The SMILES string of the molecule is CC(C)n1c(=O)nc(Nc2ccc(Oc3cccc(C(=O)O)n3)cc2)n(Cc2ccc(Cl)cc2)c1=O. The third-order valence-electron chi connectivity index (χ3n) is 5.15. The highest BCUT2D eigenvalue weighted by Crippen LogP contribution is 2.23. The lowest BCUT2D eigenvalue weighted by Crippen LogP contribution is -2.43. The predicted octanol–water partition coefficient (Wildman–Crippen LogP) is 4.32. The first kappa shape index (κ1) is 24.7. The van der Waals surface area contributed by atoms with E-state index in [4.69, 9.17) is 21.4 Å². The molecule has 0 bridgehead atoms. The first-order valence-electron chi connectivity index (χ1n) is 10.9. The fraction of sp³-hybridized carbons (Fsp3) is 0.160. The zero-order chi connectivity index (χ0) is 25.8. The monoisotopic (exact) mass is 507 g/mol. The number of hydrogen-bond acceptors (Lipinski definition) is 7. The van der Waals surface area contributed by atoms with E-state index in [2.05, 4.69) is 15.3 Å². The lowest BCUT2D eigenvalue weighted by molar-refractivity contribution is 0.0689. The normalized spacial score (nSPS) is 10.9. The van der Waals surface area contributed by atoms with Crippen LogP contribution in [0.3, 0.4) is 0 Å². The number of anilines is 2. The maximum atomic E-state index is 13.2. The van der Waals surface area contributed by atoms with Gasteiger partial charge in [0.05, 0.1) is 6.54 Å². The quantitative estimate of drug-likeness (QED) is 0.361. The van der Waals surface area contributed by atoms with Gasteiger partial charge in [-0.15, -0.1) is 0 Å². The summed E-state index contributed by atoms with van der Waals surface area (Å²) in [4.78, 5) is 44.9. The number of carbonyl (C=O) groups is 1. The molecule has 10 nitrogen and oxygen atoms in total. The number of carboxylic acids is 1. The number of aromatic nitrogens is 4. The highest BCUT2D eigenvalue weighted by molar-refractivity contribution is 6.30. The maximum Gasteiger partial charge on any atom is 0.355 e. The van der Waals surface area contributed by atoms with Gasteiger partial charge in [-0.3, -0.25) is 4.57 Å². The molecule has 0 aliphatic rings. The average molecular weight is 508 g/mol. The fourth-order valence-corrected chi connectivity index (χ4v) is 3.53. The largest absolute Gasteiger partial charge is 0.477 e. The highest BCUT2D eigenvalue weighted by atomic mass is 35.5. The van der Waals surface area contributed by atoms with E-state index in [-0.39, 0.29) is 30.1 Å². The summed E-state index contributed by atoms with van der Waals surface area (Å²) in [6, 6.07) is 17.7. The molecule has 4 rings (SSSR count). The fourth-order valence-electron chi connectivity index (χ4n) is 3.41. The summed E-state index contributed by atoms with van der Waals surface area (Å²) in [5.74, 6) is -0.526. The highest BCUT2D eigenvalue weighted by Gasteiger charge is 2.16. The number of nitrogens with one attached hydrogen (secondary N) is 1. The van der Waals surface area contributed by atoms with E-state index < -0.39 is 17.3 Å². The number of carboxylic acid groups (broad SMARTS) is 1. The maximum absolute atomic E-state index is 13.2. The van der Waals surface area contributed by atoms with E-state index in [1.165, 1.54) is 16.7 Å². The summed E-state index contributed by atoms with van der Waals surface area (Å²) in [6.07, 6.45) is 0. The molecule has 0 saturated carbocycles. The zero-order valence-electron chi connectivity index (χ0n) is 19.4. The number of benzene rings is 2. The average Bonchev–Trinajstić information content (AvgIpc) is 2.84. The van der Waals surface area contributed by atoms with Crippen molar-refractivity contribution < 1.29 is 14.6 Å². The van der Waals surface area contributed by atoms with Crippen LogP contribution in [-0.2, 0) is 6.54 Å². The minimum absolute atomic E-state index is 0.0846. The molecule has 11 heteroatoms. The van der Waals surface area contributed by atoms with Crippen molar-refractivity contribution in [3.63, 3.8) is 0 Å². The Morgan fingerprint density at radius 2 is 1.72 bits per heavy atom. The van der Waals surface area contributed by atoms with Crippen LogP contribution in [0, 0.1) is 0 Å². The van der Waals surface area contributed by atoms with Crippen LogP contribution in [0.2, 0.25) is 5.02 Å². The molecule has 0 fully saturated rings. The molecule has 0 atom stereocenters. The van der Waals surface area contributed by atoms with E-state index >= 15 is 0 Å². The molecule has 0 spiro atoms. The Balaban J connectivity index is 1.62. The molecule has 36 heavy (non-hydrogen) atoms. The van der Waals surface area contributed by atoms with E-state index in [1.807, 2.05) is 0 Å².